The van der Waals surface area contributed by atoms with Gasteiger partial charge in [0.25, 0.3) is 0 Å². The van der Waals surface area contributed by atoms with Gasteiger partial charge in [0.1, 0.15) is 11.0 Å². The van der Waals surface area contributed by atoms with Gasteiger partial charge in [-0.3, -0.25) is 10.1 Å². The highest BCUT2D eigenvalue weighted by Crippen LogP contribution is 2.30. The number of sulfonamides is 1. The second-order valence-corrected chi connectivity index (χ2v) is 10.6. The summed E-state index contributed by atoms with van der Waals surface area (Å²) in [7, 11) is -3.72. The Labute approximate surface area is 163 Å². The lowest BCUT2D eigenvalue weighted by atomic mass is 9.98. The maximum Gasteiger partial charge on any atom is 0.244 e. The van der Waals surface area contributed by atoms with E-state index in [4.69, 9.17) is 0 Å². The molecule has 27 heavy (non-hydrogen) atoms. The van der Waals surface area contributed by atoms with Crippen LogP contribution in [0.15, 0.2) is 29.2 Å². The van der Waals surface area contributed by atoms with Gasteiger partial charge in [-0.05, 0) is 31.9 Å². The summed E-state index contributed by atoms with van der Waals surface area (Å²) in [5.74, 6) is -0.361. The SMILES string of the molecule is Cc1ccc(S(=O)(=O)N2CCC[C@H]2C(=O)Nc2nnc(C(C)(C)C)s2)cc1. The molecule has 2 heterocycles. The number of anilines is 1. The highest BCUT2D eigenvalue weighted by molar-refractivity contribution is 7.89. The fraction of sp³-hybridized carbons (Fsp3) is 0.500. The highest BCUT2D eigenvalue weighted by Gasteiger charge is 2.39. The van der Waals surface area contributed by atoms with Crippen molar-refractivity contribution in [3.8, 4) is 0 Å². The van der Waals surface area contributed by atoms with Crippen LogP contribution in [0.25, 0.3) is 0 Å². The van der Waals surface area contributed by atoms with Crippen LogP contribution in [0, 0.1) is 6.92 Å². The molecule has 1 fully saturated rings. The topological polar surface area (TPSA) is 92.3 Å². The van der Waals surface area contributed by atoms with Gasteiger partial charge in [-0.1, -0.05) is 49.8 Å². The molecular formula is C18H24N4O3S2. The van der Waals surface area contributed by atoms with Crippen LogP contribution in [-0.4, -0.2) is 41.4 Å². The molecule has 9 heteroatoms. The Bertz CT molecular complexity index is 930. The molecule has 0 aliphatic carbocycles. The van der Waals surface area contributed by atoms with Gasteiger partial charge < -0.3 is 0 Å². The minimum Gasteiger partial charge on any atom is -0.299 e. The number of rotatable bonds is 4. The fourth-order valence-electron chi connectivity index (χ4n) is 2.90. The number of nitrogens with zero attached hydrogens (tertiary/aromatic N) is 3. The number of carbonyl (C=O) groups is 1. The van der Waals surface area contributed by atoms with Crippen molar-refractivity contribution in [2.24, 2.45) is 0 Å². The van der Waals surface area contributed by atoms with Gasteiger partial charge in [0, 0.05) is 12.0 Å². The largest absolute Gasteiger partial charge is 0.299 e. The lowest BCUT2D eigenvalue weighted by molar-refractivity contribution is -0.119. The summed E-state index contributed by atoms with van der Waals surface area (Å²) >= 11 is 1.31. The lowest BCUT2D eigenvalue weighted by Gasteiger charge is -2.23. The second kappa shape index (κ2) is 7.29. The molecule has 0 spiro atoms. The Morgan fingerprint density at radius 1 is 1.22 bits per heavy atom. The van der Waals surface area contributed by atoms with Crippen molar-refractivity contribution in [1.82, 2.24) is 14.5 Å². The van der Waals surface area contributed by atoms with E-state index in [9.17, 15) is 13.2 Å². The van der Waals surface area contributed by atoms with Crippen molar-refractivity contribution >= 4 is 32.4 Å². The van der Waals surface area contributed by atoms with Gasteiger partial charge in [0.2, 0.25) is 21.1 Å². The molecule has 146 valence electrons. The molecule has 1 aromatic carbocycles. The molecule has 1 saturated heterocycles. The van der Waals surface area contributed by atoms with E-state index in [1.165, 1.54) is 15.6 Å². The molecule has 1 aliphatic heterocycles. The zero-order valence-electron chi connectivity index (χ0n) is 15.9. The number of hydrogen-bond acceptors (Lipinski definition) is 6. The van der Waals surface area contributed by atoms with Gasteiger partial charge in [0.05, 0.1) is 4.90 Å². The van der Waals surface area contributed by atoms with Crippen molar-refractivity contribution in [1.29, 1.82) is 0 Å². The first-order valence-electron chi connectivity index (χ1n) is 8.82. The van der Waals surface area contributed by atoms with Crippen molar-refractivity contribution in [2.75, 3.05) is 11.9 Å². The quantitative estimate of drug-likeness (QED) is 0.840. The van der Waals surface area contributed by atoms with Crippen molar-refractivity contribution in [3.63, 3.8) is 0 Å². The summed E-state index contributed by atoms with van der Waals surface area (Å²) in [6, 6.07) is 5.94. The summed E-state index contributed by atoms with van der Waals surface area (Å²) in [6.07, 6.45) is 1.13. The molecular weight excluding hydrogens is 384 g/mol. The average molecular weight is 409 g/mol. The summed E-state index contributed by atoms with van der Waals surface area (Å²) in [5.41, 5.74) is 0.824. The fourth-order valence-corrected chi connectivity index (χ4v) is 5.36. The minimum absolute atomic E-state index is 0.158. The first kappa shape index (κ1) is 19.9. The third-order valence-corrected chi connectivity index (χ3v) is 7.62. The number of amides is 1. The smallest absolute Gasteiger partial charge is 0.244 e. The highest BCUT2D eigenvalue weighted by atomic mass is 32.2. The van der Waals surface area contributed by atoms with E-state index in [-0.39, 0.29) is 16.2 Å². The maximum atomic E-state index is 13.0. The Morgan fingerprint density at radius 2 is 1.89 bits per heavy atom. The third kappa shape index (κ3) is 4.20. The number of benzene rings is 1. The van der Waals surface area contributed by atoms with Gasteiger partial charge in [-0.2, -0.15) is 4.31 Å². The third-order valence-electron chi connectivity index (χ3n) is 4.43. The molecule has 0 bridgehead atoms. The van der Waals surface area contributed by atoms with Crippen LogP contribution in [0.3, 0.4) is 0 Å². The summed E-state index contributed by atoms with van der Waals surface area (Å²) in [6.45, 7) is 8.29. The standard InChI is InChI=1S/C18H24N4O3S2/c1-12-7-9-13(10-8-12)27(24,25)22-11-5-6-14(22)15(23)19-17-21-20-16(26-17)18(2,3)4/h7-10,14H,5-6,11H2,1-4H3,(H,19,21,23)/t14-/m0/s1. The summed E-state index contributed by atoms with van der Waals surface area (Å²) < 4.78 is 27.2. The molecule has 2 aromatic rings. The molecule has 1 amide bonds. The first-order valence-corrected chi connectivity index (χ1v) is 11.1. The lowest BCUT2D eigenvalue weighted by Crippen LogP contribution is -2.43. The Hall–Kier alpha value is -1.84. The normalized spacial score (nSPS) is 18.6. The molecule has 1 N–H and O–H groups in total. The van der Waals surface area contributed by atoms with Crippen LogP contribution in [-0.2, 0) is 20.2 Å². The van der Waals surface area contributed by atoms with Crippen molar-refractivity contribution in [3.05, 3.63) is 34.8 Å². The Kier molecular flexibility index (Phi) is 5.38. The average Bonchev–Trinajstić information content (AvgIpc) is 3.24. The van der Waals surface area contributed by atoms with E-state index in [1.54, 1.807) is 24.3 Å². The zero-order chi connectivity index (χ0) is 19.8. The maximum absolute atomic E-state index is 13.0. The van der Waals surface area contributed by atoms with Crippen LogP contribution < -0.4 is 5.32 Å². The predicted molar refractivity (Wildman–Crippen MR) is 105 cm³/mol. The van der Waals surface area contributed by atoms with Gasteiger partial charge >= 0.3 is 0 Å². The van der Waals surface area contributed by atoms with Crippen LogP contribution in [0.1, 0.15) is 44.2 Å². The number of nitrogens with one attached hydrogen (secondary N) is 1. The molecule has 3 rings (SSSR count). The first-order chi connectivity index (χ1) is 12.6. The van der Waals surface area contributed by atoms with E-state index < -0.39 is 16.1 Å². The Morgan fingerprint density at radius 3 is 2.48 bits per heavy atom. The van der Waals surface area contributed by atoms with Gasteiger partial charge in [-0.15, -0.1) is 10.2 Å². The van der Waals surface area contributed by atoms with E-state index in [2.05, 4.69) is 15.5 Å². The van der Waals surface area contributed by atoms with Crippen LogP contribution >= 0.6 is 11.3 Å². The molecule has 1 aliphatic rings. The Balaban J connectivity index is 1.78. The minimum atomic E-state index is -3.72. The second-order valence-electron chi connectivity index (χ2n) is 7.74. The van der Waals surface area contributed by atoms with E-state index in [1.807, 2.05) is 27.7 Å². The zero-order valence-corrected chi connectivity index (χ0v) is 17.5. The van der Waals surface area contributed by atoms with E-state index in [0.29, 0.717) is 24.5 Å². The van der Waals surface area contributed by atoms with E-state index in [0.717, 1.165) is 10.6 Å². The summed E-state index contributed by atoms with van der Waals surface area (Å²) in [4.78, 5) is 12.9. The van der Waals surface area contributed by atoms with Crippen molar-refractivity contribution < 1.29 is 13.2 Å². The molecule has 0 saturated carbocycles. The number of aromatic nitrogens is 2. The molecule has 0 unspecified atom stereocenters. The molecule has 0 radical (unpaired) electrons. The monoisotopic (exact) mass is 408 g/mol. The van der Waals surface area contributed by atoms with Crippen LogP contribution in [0.2, 0.25) is 0 Å². The number of aryl methyl sites for hydroxylation is 1. The number of carbonyl (C=O) groups excluding carboxylic acids is 1. The molecule has 1 aromatic heterocycles. The van der Waals surface area contributed by atoms with Gasteiger partial charge in [-0.25, -0.2) is 8.42 Å². The van der Waals surface area contributed by atoms with Crippen molar-refractivity contribution in [2.45, 2.75) is 56.9 Å². The predicted octanol–water partition coefficient (Wildman–Crippen LogP) is 2.94. The number of hydrogen-bond donors (Lipinski definition) is 1. The van der Waals surface area contributed by atoms with Crippen LogP contribution in [0.5, 0.6) is 0 Å². The molecule has 7 nitrogen and oxygen atoms in total. The summed E-state index contributed by atoms with van der Waals surface area (Å²) in [5, 5.41) is 12.1. The van der Waals surface area contributed by atoms with Gasteiger partial charge in [0.15, 0.2) is 0 Å². The van der Waals surface area contributed by atoms with E-state index >= 15 is 0 Å². The molecule has 1 atom stereocenters. The van der Waals surface area contributed by atoms with Crippen LogP contribution in [0.4, 0.5) is 5.13 Å².